The molecule has 1 heterocycles. The van der Waals surface area contributed by atoms with E-state index in [1.165, 1.54) is 45.3 Å². The predicted molar refractivity (Wildman–Crippen MR) is 91.8 cm³/mol. The molecule has 0 spiro atoms. The minimum absolute atomic E-state index is 0.438. The van der Waals surface area contributed by atoms with Crippen molar-refractivity contribution in [3.05, 3.63) is 0 Å². The largest absolute Gasteiger partial charge is 0.378 e. The van der Waals surface area contributed by atoms with Gasteiger partial charge in [-0.25, -0.2) is 0 Å². The van der Waals surface area contributed by atoms with E-state index in [9.17, 15) is 0 Å². The average Bonchev–Trinajstić information content (AvgIpc) is 2.48. The Labute approximate surface area is 132 Å². The van der Waals surface area contributed by atoms with Crippen molar-refractivity contribution in [3.8, 4) is 0 Å². The van der Waals surface area contributed by atoms with E-state index in [4.69, 9.17) is 4.74 Å². The van der Waals surface area contributed by atoms with Crippen LogP contribution < -0.4 is 5.32 Å². The van der Waals surface area contributed by atoms with Crippen molar-refractivity contribution in [1.82, 2.24) is 10.2 Å². The number of piperidine rings is 1. The maximum atomic E-state index is 5.77. The third-order valence-electron chi connectivity index (χ3n) is 5.05. The summed E-state index contributed by atoms with van der Waals surface area (Å²) in [4.78, 5) is 2.67. The number of likely N-dealkylation sites (tertiary alicyclic amines) is 1. The smallest absolute Gasteiger partial charge is 0.0599 e. The molecule has 1 aliphatic rings. The highest BCUT2D eigenvalue weighted by Gasteiger charge is 2.30. The fourth-order valence-corrected chi connectivity index (χ4v) is 3.35. The third-order valence-corrected chi connectivity index (χ3v) is 5.05. The van der Waals surface area contributed by atoms with E-state index < -0.39 is 0 Å². The second-order valence-electron chi connectivity index (χ2n) is 7.16. The van der Waals surface area contributed by atoms with E-state index in [1.54, 1.807) is 0 Å². The average molecular weight is 299 g/mol. The molecule has 0 unspecified atom stereocenters. The Bertz CT molecular complexity index is 256. The summed E-state index contributed by atoms with van der Waals surface area (Å²) in [6.07, 6.45) is 5.44. The van der Waals surface area contributed by atoms with Gasteiger partial charge in [-0.3, -0.25) is 0 Å². The molecule has 1 N–H and O–H groups in total. The van der Waals surface area contributed by atoms with Crippen LogP contribution in [0.2, 0.25) is 0 Å². The molecule has 0 aliphatic carbocycles. The van der Waals surface area contributed by atoms with E-state index in [0.29, 0.717) is 11.5 Å². The van der Waals surface area contributed by atoms with Crippen molar-refractivity contribution in [2.24, 2.45) is 11.3 Å². The number of nitrogens with one attached hydrogen (secondary N) is 1. The minimum atomic E-state index is 0.438. The molecule has 0 radical (unpaired) electrons. The van der Waals surface area contributed by atoms with Gasteiger partial charge in [-0.2, -0.15) is 0 Å². The Morgan fingerprint density at radius 2 is 1.76 bits per heavy atom. The molecule has 0 aromatic carbocycles. The molecular formula is C18H38N2O. The van der Waals surface area contributed by atoms with Gasteiger partial charge in [0.15, 0.2) is 0 Å². The van der Waals surface area contributed by atoms with Crippen LogP contribution in [0.1, 0.15) is 60.3 Å². The van der Waals surface area contributed by atoms with Gasteiger partial charge in [0.1, 0.15) is 0 Å². The molecule has 1 aliphatic heterocycles. The van der Waals surface area contributed by atoms with Gasteiger partial charge < -0.3 is 15.0 Å². The molecule has 0 aromatic heterocycles. The standard InChI is InChI=1S/C18H38N2O/c1-6-18(7-2,14-19-13-16(4)5)15-20-11-9-17(10-12-20)21-8-3/h16-17,19H,6-15H2,1-5H3. The van der Waals surface area contributed by atoms with E-state index in [1.807, 2.05) is 0 Å². The van der Waals surface area contributed by atoms with E-state index in [0.717, 1.165) is 25.6 Å². The van der Waals surface area contributed by atoms with Crippen LogP contribution in [0.3, 0.4) is 0 Å². The summed E-state index contributed by atoms with van der Waals surface area (Å²) < 4.78 is 5.77. The second-order valence-corrected chi connectivity index (χ2v) is 7.16. The lowest BCUT2D eigenvalue weighted by Crippen LogP contribution is -2.47. The zero-order chi connectivity index (χ0) is 15.7. The summed E-state index contributed by atoms with van der Waals surface area (Å²) in [5.41, 5.74) is 0.438. The van der Waals surface area contributed by atoms with Crippen LogP contribution in [0.5, 0.6) is 0 Å². The van der Waals surface area contributed by atoms with Crippen LogP contribution in [0.4, 0.5) is 0 Å². The summed E-state index contributed by atoms with van der Waals surface area (Å²) in [6.45, 7) is 18.2. The zero-order valence-corrected chi connectivity index (χ0v) is 15.1. The molecule has 3 nitrogen and oxygen atoms in total. The fraction of sp³-hybridized carbons (Fsp3) is 1.00. The fourth-order valence-electron chi connectivity index (χ4n) is 3.35. The van der Waals surface area contributed by atoms with Crippen molar-refractivity contribution in [1.29, 1.82) is 0 Å². The van der Waals surface area contributed by atoms with Crippen molar-refractivity contribution in [2.75, 3.05) is 39.3 Å². The van der Waals surface area contributed by atoms with Gasteiger partial charge in [0.2, 0.25) is 0 Å². The van der Waals surface area contributed by atoms with E-state index in [2.05, 4.69) is 44.8 Å². The molecule has 0 saturated carbocycles. The van der Waals surface area contributed by atoms with Crippen molar-refractivity contribution in [3.63, 3.8) is 0 Å². The highest BCUT2D eigenvalue weighted by atomic mass is 16.5. The monoisotopic (exact) mass is 298 g/mol. The number of nitrogens with zero attached hydrogens (tertiary/aromatic N) is 1. The zero-order valence-electron chi connectivity index (χ0n) is 15.1. The van der Waals surface area contributed by atoms with Gasteiger partial charge in [-0.15, -0.1) is 0 Å². The third kappa shape index (κ3) is 6.66. The van der Waals surface area contributed by atoms with Gasteiger partial charge in [0, 0.05) is 32.8 Å². The normalized spacial score (nSPS) is 18.6. The Morgan fingerprint density at radius 1 is 1.14 bits per heavy atom. The van der Waals surface area contributed by atoms with Gasteiger partial charge in [-0.05, 0) is 50.5 Å². The lowest BCUT2D eigenvalue weighted by molar-refractivity contribution is 0.00273. The Kier molecular flexibility index (Phi) is 8.84. The summed E-state index contributed by atoms with van der Waals surface area (Å²) in [7, 11) is 0. The predicted octanol–water partition coefficient (Wildman–Crippen LogP) is 3.54. The van der Waals surface area contributed by atoms with E-state index in [-0.39, 0.29) is 0 Å². The first-order chi connectivity index (χ1) is 10.0. The molecule has 126 valence electrons. The maximum Gasteiger partial charge on any atom is 0.0599 e. The highest BCUT2D eigenvalue weighted by Crippen LogP contribution is 2.28. The van der Waals surface area contributed by atoms with Gasteiger partial charge in [0.25, 0.3) is 0 Å². The lowest BCUT2D eigenvalue weighted by Gasteiger charge is -2.40. The van der Waals surface area contributed by atoms with Crippen LogP contribution in [-0.2, 0) is 4.74 Å². The van der Waals surface area contributed by atoms with Crippen molar-refractivity contribution >= 4 is 0 Å². The Hall–Kier alpha value is -0.120. The van der Waals surface area contributed by atoms with Crippen LogP contribution >= 0.6 is 0 Å². The van der Waals surface area contributed by atoms with Crippen LogP contribution in [0.15, 0.2) is 0 Å². The van der Waals surface area contributed by atoms with Gasteiger partial charge in [-0.1, -0.05) is 27.7 Å². The number of rotatable bonds is 10. The summed E-state index contributed by atoms with van der Waals surface area (Å²) >= 11 is 0. The summed E-state index contributed by atoms with van der Waals surface area (Å²) in [6, 6.07) is 0. The number of hydrogen-bond acceptors (Lipinski definition) is 3. The first-order valence-electron chi connectivity index (χ1n) is 9.10. The van der Waals surface area contributed by atoms with Gasteiger partial charge >= 0.3 is 0 Å². The lowest BCUT2D eigenvalue weighted by atomic mass is 9.81. The van der Waals surface area contributed by atoms with Crippen LogP contribution in [0.25, 0.3) is 0 Å². The maximum absolute atomic E-state index is 5.77. The highest BCUT2D eigenvalue weighted by molar-refractivity contribution is 4.85. The second kappa shape index (κ2) is 9.81. The Morgan fingerprint density at radius 3 is 2.24 bits per heavy atom. The molecule has 0 aromatic rings. The van der Waals surface area contributed by atoms with Crippen LogP contribution in [-0.4, -0.2) is 50.3 Å². The van der Waals surface area contributed by atoms with Gasteiger partial charge in [0.05, 0.1) is 6.10 Å². The summed E-state index contributed by atoms with van der Waals surface area (Å²) in [5, 5.41) is 3.69. The minimum Gasteiger partial charge on any atom is -0.378 e. The molecule has 1 rings (SSSR count). The molecule has 0 amide bonds. The summed E-state index contributed by atoms with van der Waals surface area (Å²) in [5.74, 6) is 0.735. The van der Waals surface area contributed by atoms with Crippen molar-refractivity contribution < 1.29 is 4.74 Å². The van der Waals surface area contributed by atoms with Crippen LogP contribution in [0, 0.1) is 11.3 Å². The topological polar surface area (TPSA) is 24.5 Å². The van der Waals surface area contributed by atoms with E-state index >= 15 is 0 Å². The number of hydrogen-bond donors (Lipinski definition) is 1. The molecule has 21 heavy (non-hydrogen) atoms. The molecule has 0 bridgehead atoms. The molecule has 1 saturated heterocycles. The molecular weight excluding hydrogens is 260 g/mol. The molecule has 3 heteroatoms. The van der Waals surface area contributed by atoms with Crippen molar-refractivity contribution in [2.45, 2.75) is 66.4 Å². The first kappa shape index (κ1) is 18.9. The number of ether oxygens (including phenoxy) is 1. The molecule has 0 atom stereocenters. The SMILES string of the molecule is CCOC1CCN(CC(CC)(CC)CNCC(C)C)CC1. The quantitative estimate of drug-likeness (QED) is 0.667. The molecule has 1 fully saturated rings. The first-order valence-corrected chi connectivity index (χ1v) is 9.10. The Balaban J connectivity index is 2.43.